The molecule has 0 unspecified atom stereocenters. The van der Waals surface area contributed by atoms with Crippen LogP contribution >= 0.6 is 27.5 Å². The molecule has 0 aromatic heterocycles. The van der Waals surface area contributed by atoms with Gasteiger partial charge in [-0.1, -0.05) is 45.7 Å². The van der Waals surface area contributed by atoms with E-state index >= 15 is 0 Å². The van der Waals surface area contributed by atoms with Gasteiger partial charge in [0.1, 0.15) is 11.6 Å². The summed E-state index contributed by atoms with van der Waals surface area (Å²) >= 11 is 8.94. The first-order chi connectivity index (χ1) is 9.04. The van der Waals surface area contributed by atoms with Crippen LogP contribution in [0.15, 0.2) is 46.9 Å². The second-order valence-electron chi connectivity index (χ2n) is 4.27. The average molecular weight is 342 g/mol. The van der Waals surface area contributed by atoms with Gasteiger partial charge in [-0.25, -0.2) is 4.39 Å². The lowest BCUT2D eigenvalue weighted by Crippen LogP contribution is -2.06. The van der Waals surface area contributed by atoms with Gasteiger partial charge in [-0.15, -0.1) is 0 Å². The minimum atomic E-state index is -0.490. The molecule has 2 aromatic carbocycles. The number of benzene rings is 2. The van der Waals surface area contributed by atoms with Gasteiger partial charge in [0.15, 0.2) is 0 Å². The Labute approximate surface area is 124 Å². The maximum absolute atomic E-state index is 13.3. The van der Waals surface area contributed by atoms with E-state index in [4.69, 9.17) is 11.6 Å². The molecule has 1 nitrogen and oxygen atoms in total. The molecule has 0 aliphatic rings. The topological polar surface area (TPSA) is 17.1 Å². The first kappa shape index (κ1) is 14.2. The number of hydrogen-bond donors (Lipinski definition) is 0. The fraction of sp³-hybridized carbons (Fsp3) is 0.133. The van der Waals surface area contributed by atoms with E-state index in [0.717, 1.165) is 10.0 Å². The maximum Gasteiger partial charge on any atom is 0.142 e. The predicted octanol–water partition coefficient (Wildman–Crippen LogP) is 4.60. The number of carbonyl (C=O) groups is 1. The molecule has 0 radical (unpaired) electrons. The summed E-state index contributed by atoms with van der Waals surface area (Å²) < 4.78 is 14.2. The molecule has 0 N–H and O–H groups in total. The Morgan fingerprint density at radius 1 is 1.05 bits per heavy atom. The van der Waals surface area contributed by atoms with E-state index in [9.17, 15) is 9.18 Å². The highest BCUT2D eigenvalue weighted by atomic mass is 79.9. The van der Waals surface area contributed by atoms with Crippen LogP contribution in [0.2, 0.25) is 5.02 Å². The molecule has 0 amide bonds. The second kappa shape index (κ2) is 6.31. The van der Waals surface area contributed by atoms with Gasteiger partial charge >= 0.3 is 0 Å². The summed E-state index contributed by atoms with van der Waals surface area (Å²) in [6, 6.07) is 12.0. The van der Waals surface area contributed by atoms with Crippen LogP contribution in [-0.4, -0.2) is 5.78 Å². The molecule has 0 saturated heterocycles. The molecule has 2 rings (SSSR count). The van der Waals surface area contributed by atoms with Crippen LogP contribution in [0, 0.1) is 5.82 Å². The predicted molar refractivity (Wildman–Crippen MR) is 78.0 cm³/mol. The lowest BCUT2D eigenvalue weighted by molar-refractivity contribution is -0.117. The Morgan fingerprint density at radius 3 is 2.26 bits per heavy atom. The van der Waals surface area contributed by atoms with Crippen LogP contribution < -0.4 is 0 Å². The van der Waals surface area contributed by atoms with Crippen LogP contribution in [0.1, 0.15) is 11.1 Å². The SMILES string of the molecule is O=C(Cc1ccc(Br)cc1)Cc1ccc(Cl)c(F)c1. The first-order valence-corrected chi connectivity index (χ1v) is 6.92. The van der Waals surface area contributed by atoms with Gasteiger partial charge in [-0.2, -0.15) is 0 Å². The highest BCUT2D eigenvalue weighted by molar-refractivity contribution is 9.10. The van der Waals surface area contributed by atoms with Crippen LogP contribution in [0.5, 0.6) is 0 Å². The number of rotatable bonds is 4. The first-order valence-electron chi connectivity index (χ1n) is 5.74. The maximum atomic E-state index is 13.3. The van der Waals surface area contributed by atoms with Gasteiger partial charge in [-0.3, -0.25) is 4.79 Å². The van der Waals surface area contributed by atoms with Crippen LogP contribution in [0.25, 0.3) is 0 Å². The monoisotopic (exact) mass is 340 g/mol. The van der Waals surface area contributed by atoms with Gasteiger partial charge in [0, 0.05) is 17.3 Å². The Bertz CT molecular complexity index is 596. The molecule has 0 aliphatic carbocycles. The molecule has 0 spiro atoms. The molecule has 0 saturated carbocycles. The molecule has 19 heavy (non-hydrogen) atoms. The van der Waals surface area contributed by atoms with Crippen LogP contribution in [0.4, 0.5) is 4.39 Å². The summed E-state index contributed by atoms with van der Waals surface area (Å²) in [4.78, 5) is 11.9. The molecule has 0 fully saturated rings. The van der Waals surface area contributed by atoms with Crippen LogP contribution in [0.3, 0.4) is 0 Å². The van der Waals surface area contributed by atoms with E-state index < -0.39 is 5.82 Å². The highest BCUT2D eigenvalue weighted by Gasteiger charge is 2.07. The number of hydrogen-bond acceptors (Lipinski definition) is 1. The van der Waals surface area contributed by atoms with Gasteiger partial charge in [0.05, 0.1) is 5.02 Å². The fourth-order valence-electron chi connectivity index (χ4n) is 1.77. The quantitative estimate of drug-likeness (QED) is 0.794. The van der Waals surface area contributed by atoms with E-state index in [-0.39, 0.29) is 17.2 Å². The summed E-state index contributed by atoms with van der Waals surface area (Å²) in [5.41, 5.74) is 1.59. The number of Topliss-reactive ketones (excluding diaryl/α,β-unsaturated/α-hetero) is 1. The molecule has 0 bridgehead atoms. The zero-order valence-corrected chi connectivity index (χ0v) is 12.3. The van der Waals surface area contributed by atoms with Crippen molar-refractivity contribution in [2.45, 2.75) is 12.8 Å². The average Bonchev–Trinajstić information content (AvgIpc) is 2.37. The summed E-state index contributed by atoms with van der Waals surface area (Å²) in [5, 5.41) is 0.0732. The second-order valence-corrected chi connectivity index (χ2v) is 5.59. The van der Waals surface area contributed by atoms with Gasteiger partial charge < -0.3 is 0 Å². The van der Waals surface area contributed by atoms with E-state index in [1.807, 2.05) is 24.3 Å². The lowest BCUT2D eigenvalue weighted by Gasteiger charge is -2.03. The summed E-state index contributed by atoms with van der Waals surface area (Å²) in [6.45, 7) is 0. The largest absolute Gasteiger partial charge is 0.299 e. The third kappa shape index (κ3) is 4.15. The summed E-state index contributed by atoms with van der Waals surface area (Å²) in [7, 11) is 0. The fourth-order valence-corrected chi connectivity index (χ4v) is 2.15. The Kier molecular flexibility index (Phi) is 4.72. The van der Waals surface area contributed by atoms with E-state index in [1.165, 1.54) is 12.1 Å². The van der Waals surface area contributed by atoms with Crippen molar-refractivity contribution in [1.29, 1.82) is 0 Å². The van der Waals surface area contributed by atoms with Gasteiger partial charge in [0.2, 0.25) is 0 Å². The molecular formula is C15H11BrClFO. The Balaban J connectivity index is 2.01. The lowest BCUT2D eigenvalue weighted by atomic mass is 10.0. The smallest absolute Gasteiger partial charge is 0.142 e. The van der Waals surface area contributed by atoms with Crippen molar-refractivity contribution < 1.29 is 9.18 Å². The van der Waals surface area contributed by atoms with Crippen molar-refractivity contribution in [3.8, 4) is 0 Å². The van der Waals surface area contributed by atoms with Gasteiger partial charge in [-0.05, 0) is 35.4 Å². The molecule has 0 heterocycles. The summed E-state index contributed by atoms with van der Waals surface area (Å²) in [5.74, 6) is -0.445. The molecule has 0 atom stereocenters. The molecule has 2 aromatic rings. The van der Waals surface area contributed by atoms with E-state index in [1.54, 1.807) is 6.07 Å². The minimum Gasteiger partial charge on any atom is -0.299 e. The minimum absolute atomic E-state index is 0.0454. The Morgan fingerprint density at radius 2 is 1.63 bits per heavy atom. The van der Waals surface area contributed by atoms with Crippen molar-refractivity contribution >= 4 is 33.3 Å². The molecule has 4 heteroatoms. The number of ketones is 1. The summed E-state index contributed by atoms with van der Waals surface area (Å²) in [6.07, 6.45) is 0.557. The van der Waals surface area contributed by atoms with E-state index in [2.05, 4.69) is 15.9 Å². The number of carbonyl (C=O) groups excluding carboxylic acids is 1. The molecule has 98 valence electrons. The molecular weight excluding hydrogens is 331 g/mol. The van der Waals surface area contributed by atoms with Crippen molar-refractivity contribution in [3.63, 3.8) is 0 Å². The third-order valence-electron chi connectivity index (χ3n) is 2.70. The van der Waals surface area contributed by atoms with Gasteiger partial charge in [0.25, 0.3) is 0 Å². The van der Waals surface area contributed by atoms with E-state index in [0.29, 0.717) is 12.0 Å². The normalized spacial score (nSPS) is 10.5. The Hall–Kier alpha value is -1.19. The standard InChI is InChI=1S/C15H11BrClFO/c16-12-4-1-10(2-5-12)7-13(19)8-11-3-6-14(17)15(18)9-11/h1-6,9H,7-8H2. The third-order valence-corrected chi connectivity index (χ3v) is 3.54. The number of halogens is 3. The molecule has 0 aliphatic heterocycles. The zero-order valence-electron chi connectivity index (χ0n) is 10.00. The highest BCUT2D eigenvalue weighted by Crippen LogP contribution is 2.17. The van der Waals surface area contributed by atoms with Crippen molar-refractivity contribution in [3.05, 3.63) is 68.9 Å². The van der Waals surface area contributed by atoms with Crippen molar-refractivity contribution in [2.75, 3.05) is 0 Å². The zero-order chi connectivity index (χ0) is 13.8. The van der Waals surface area contributed by atoms with Crippen LogP contribution in [-0.2, 0) is 17.6 Å². The van der Waals surface area contributed by atoms with Crippen molar-refractivity contribution in [1.82, 2.24) is 0 Å². The van der Waals surface area contributed by atoms with Crippen molar-refractivity contribution in [2.24, 2.45) is 0 Å².